The molecule has 1 aliphatic carbocycles. The molecule has 1 saturated heterocycles. The Morgan fingerprint density at radius 1 is 1.18 bits per heavy atom. The number of aromatic amines is 1. The third-order valence-electron chi connectivity index (χ3n) is 8.29. The zero-order valence-electron chi connectivity index (χ0n) is 22.5. The lowest BCUT2D eigenvalue weighted by Crippen LogP contribution is -2.36. The molecule has 0 aromatic carbocycles. The van der Waals surface area contributed by atoms with Crippen molar-refractivity contribution < 1.29 is 9.63 Å². The quantitative estimate of drug-likeness (QED) is 0.346. The highest BCUT2D eigenvalue weighted by molar-refractivity contribution is 6.30. The number of hydrogen-bond donors (Lipinski definition) is 2. The maximum atomic E-state index is 11.7. The molecule has 2 atom stereocenters. The molecule has 2 fully saturated rings. The predicted molar refractivity (Wildman–Crippen MR) is 150 cm³/mol. The number of rotatable bonds is 6. The summed E-state index contributed by atoms with van der Waals surface area (Å²) in [5.74, 6) is 2.02. The molecule has 4 aromatic heterocycles. The SMILES string of the molecule is CC1CCC(Cn2c(N3CC(O)CC3C(C)C)nc3cc(-c4noc(=O)[nH]4)nc(-c4cncc(Cl)c4)c32)CC1. The lowest BCUT2D eigenvalue weighted by atomic mass is 9.83. The number of β-amino-alcohol motifs (C(OH)–C–C–N with tert-alkyl or cyclic N) is 1. The number of pyridine rings is 2. The number of aliphatic hydroxyl groups is 1. The van der Waals surface area contributed by atoms with Gasteiger partial charge < -0.3 is 14.6 Å². The van der Waals surface area contributed by atoms with E-state index in [1.165, 1.54) is 12.8 Å². The van der Waals surface area contributed by atoms with Crippen LogP contribution in [-0.2, 0) is 6.54 Å². The fourth-order valence-corrected chi connectivity index (χ4v) is 6.39. The molecule has 10 nitrogen and oxygen atoms in total. The van der Waals surface area contributed by atoms with Gasteiger partial charge in [-0.15, -0.1) is 0 Å². The Hall–Kier alpha value is -3.24. The van der Waals surface area contributed by atoms with Gasteiger partial charge in [-0.25, -0.2) is 14.8 Å². The number of halogens is 1. The van der Waals surface area contributed by atoms with Crippen LogP contribution in [0.1, 0.15) is 52.9 Å². The molecular formula is C28H34ClN7O3. The first kappa shape index (κ1) is 26.0. The number of imidazole rings is 1. The predicted octanol–water partition coefficient (Wildman–Crippen LogP) is 4.91. The number of aromatic nitrogens is 6. The van der Waals surface area contributed by atoms with Crippen molar-refractivity contribution in [2.75, 3.05) is 11.4 Å². The average Bonchev–Trinajstić information content (AvgIpc) is 3.61. The second kappa shape index (κ2) is 10.4. The van der Waals surface area contributed by atoms with Crippen LogP contribution in [0, 0.1) is 17.8 Å². The van der Waals surface area contributed by atoms with Crippen LogP contribution in [0.15, 0.2) is 33.8 Å². The van der Waals surface area contributed by atoms with Crippen LogP contribution in [-0.4, -0.2) is 53.5 Å². The number of nitrogens with zero attached hydrogens (tertiary/aromatic N) is 6. The summed E-state index contributed by atoms with van der Waals surface area (Å²) in [5, 5.41) is 15.1. The molecule has 2 aliphatic rings. The molecule has 4 aromatic rings. The van der Waals surface area contributed by atoms with Crippen LogP contribution in [0.3, 0.4) is 0 Å². The minimum atomic E-state index is -0.651. The van der Waals surface area contributed by atoms with E-state index in [0.29, 0.717) is 41.2 Å². The summed E-state index contributed by atoms with van der Waals surface area (Å²) in [5.41, 5.74) is 3.44. The minimum absolute atomic E-state index is 0.164. The third kappa shape index (κ3) is 5.07. The van der Waals surface area contributed by atoms with E-state index in [-0.39, 0.29) is 11.9 Å². The van der Waals surface area contributed by atoms with Gasteiger partial charge in [-0.3, -0.25) is 14.5 Å². The highest BCUT2D eigenvalue weighted by Gasteiger charge is 2.37. The molecule has 6 rings (SSSR count). The Morgan fingerprint density at radius 2 is 1.97 bits per heavy atom. The maximum Gasteiger partial charge on any atom is 0.439 e. The monoisotopic (exact) mass is 551 g/mol. The zero-order chi connectivity index (χ0) is 27.3. The molecule has 0 spiro atoms. The molecule has 0 amide bonds. The van der Waals surface area contributed by atoms with Crippen molar-refractivity contribution in [1.29, 1.82) is 0 Å². The lowest BCUT2D eigenvalue weighted by Gasteiger charge is -2.31. The average molecular weight is 552 g/mol. The number of aliphatic hydroxyl groups excluding tert-OH is 1. The van der Waals surface area contributed by atoms with Crippen molar-refractivity contribution in [2.24, 2.45) is 17.8 Å². The molecule has 206 valence electrons. The summed E-state index contributed by atoms with van der Waals surface area (Å²) in [6.07, 6.45) is 8.38. The summed E-state index contributed by atoms with van der Waals surface area (Å²) < 4.78 is 7.06. The summed E-state index contributed by atoms with van der Waals surface area (Å²) in [4.78, 5) is 31.1. The van der Waals surface area contributed by atoms with Crippen LogP contribution in [0.2, 0.25) is 5.02 Å². The normalized spacial score (nSPS) is 23.8. The van der Waals surface area contributed by atoms with Crippen molar-refractivity contribution in [2.45, 2.75) is 71.6 Å². The lowest BCUT2D eigenvalue weighted by molar-refractivity contribution is 0.191. The second-order valence-corrected chi connectivity index (χ2v) is 12.0. The highest BCUT2D eigenvalue weighted by atomic mass is 35.5. The van der Waals surface area contributed by atoms with E-state index in [2.05, 4.69) is 45.4 Å². The fourth-order valence-electron chi connectivity index (χ4n) is 6.22. The topological polar surface area (TPSA) is 126 Å². The van der Waals surface area contributed by atoms with Crippen LogP contribution in [0.25, 0.3) is 33.8 Å². The van der Waals surface area contributed by atoms with Gasteiger partial charge in [0.2, 0.25) is 11.8 Å². The molecule has 11 heteroatoms. The van der Waals surface area contributed by atoms with Gasteiger partial charge >= 0.3 is 5.76 Å². The molecule has 5 heterocycles. The van der Waals surface area contributed by atoms with Gasteiger partial charge in [-0.05, 0) is 49.1 Å². The Kier molecular flexibility index (Phi) is 6.93. The van der Waals surface area contributed by atoms with E-state index in [4.69, 9.17) is 26.1 Å². The van der Waals surface area contributed by atoms with Gasteiger partial charge in [-0.2, -0.15) is 0 Å². The van der Waals surface area contributed by atoms with E-state index in [9.17, 15) is 9.90 Å². The summed E-state index contributed by atoms with van der Waals surface area (Å²) >= 11 is 6.37. The van der Waals surface area contributed by atoms with Gasteiger partial charge in [0.25, 0.3) is 0 Å². The molecule has 0 radical (unpaired) electrons. The molecular weight excluding hydrogens is 518 g/mol. The van der Waals surface area contributed by atoms with Crippen molar-refractivity contribution in [3.63, 3.8) is 0 Å². The van der Waals surface area contributed by atoms with Gasteiger partial charge in [0.15, 0.2) is 0 Å². The van der Waals surface area contributed by atoms with E-state index >= 15 is 0 Å². The van der Waals surface area contributed by atoms with E-state index in [1.807, 2.05) is 12.1 Å². The molecule has 0 bridgehead atoms. The van der Waals surface area contributed by atoms with Crippen molar-refractivity contribution in [1.82, 2.24) is 29.7 Å². The Labute approximate surface area is 231 Å². The van der Waals surface area contributed by atoms with Crippen molar-refractivity contribution >= 4 is 28.6 Å². The first-order chi connectivity index (χ1) is 18.8. The molecule has 2 N–H and O–H groups in total. The first-order valence-electron chi connectivity index (χ1n) is 13.8. The standard InChI is InChI=1S/C28H34ClN7O3/c1-15(2)23-9-20(37)14-35(23)27-32-21-10-22(26-33-28(38)39-34-26)31-24(18-8-19(29)12-30-11-18)25(21)36(27)13-17-6-4-16(3)5-7-17/h8,10-12,15-17,20,23,37H,4-7,9,13-14H2,1-3H3,(H,33,34,38). The van der Waals surface area contributed by atoms with Crippen LogP contribution < -0.4 is 10.7 Å². The van der Waals surface area contributed by atoms with Crippen LogP contribution in [0.4, 0.5) is 5.95 Å². The van der Waals surface area contributed by atoms with E-state index in [0.717, 1.165) is 47.8 Å². The van der Waals surface area contributed by atoms with Crippen molar-refractivity contribution in [3.05, 3.63) is 40.1 Å². The Balaban J connectivity index is 1.59. The van der Waals surface area contributed by atoms with Gasteiger partial charge in [-0.1, -0.05) is 50.4 Å². The second-order valence-electron chi connectivity index (χ2n) is 11.6. The minimum Gasteiger partial charge on any atom is -0.391 e. The largest absolute Gasteiger partial charge is 0.439 e. The van der Waals surface area contributed by atoms with Crippen LogP contribution in [0.5, 0.6) is 0 Å². The van der Waals surface area contributed by atoms with Crippen LogP contribution >= 0.6 is 11.6 Å². The molecule has 2 unspecified atom stereocenters. The number of hydrogen-bond acceptors (Lipinski definition) is 8. The fraction of sp³-hybridized carbons (Fsp3) is 0.536. The number of nitrogens with one attached hydrogen (secondary N) is 1. The smallest absolute Gasteiger partial charge is 0.391 e. The number of H-pyrrole nitrogens is 1. The third-order valence-corrected chi connectivity index (χ3v) is 8.50. The zero-order valence-corrected chi connectivity index (χ0v) is 23.2. The maximum absolute atomic E-state index is 11.7. The van der Waals surface area contributed by atoms with Crippen molar-refractivity contribution in [3.8, 4) is 22.8 Å². The van der Waals surface area contributed by atoms with Gasteiger partial charge in [0, 0.05) is 37.1 Å². The number of fused-ring (bicyclic) bond motifs is 1. The van der Waals surface area contributed by atoms with Gasteiger partial charge in [0.1, 0.15) is 5.69 Å². The number of anilines is 1. The van der Waals surface area contributed by atoms with E-state index < -0.39 is 11.9 Å². The highest BCUT2D eigenvalue weighted by Crippen LogP contribution is 2.39. The Bertz CT molecular complexity index is 1540. The Morgan fingerprint density at radius 3 is 2.67 bits per heavy atom. The molecule has 1 saturated carbocycles. The summed E-state index contributed by atoms with van der Waals surface area (Å²) in [6, 6.07) is 3.84. The van der Waals surface area contributed by atoms with Gasteiger partial charge in [0.05, 0.1) is 27.9 Å². The molecule has 39 heavy (non-hydrogen) atoms. The molecule has 1 aliphatic heterocycles. The summed E-state index contributed by atoms with van der Waals surface area (Å²) in [6.45, 7) is 8.04. The van der Waals surface area contributed by atoms with E-state index in [1.54, 1.807) is 12.4 Å². The summed E-state index contributed by atoms with van der Waals surface area (Å²) in [7, 11) is 0. The first-order valence-corrected chi connectivity index (χ1v) is 14.2.